The molecule has 0 radical (unpaired) electrons. The highest BCUT2D eigenvalue weighted by atomic mass is 32.2. The molecule has 3 nitrogen and oxygen atoms in total. The number of phenolic OH excluding ortho intramolecular Hbond substituents is 1. The average Bonchev–Trinajstić information content (AvgIpc) is 2.28. The second-order valence-corrected chi connectivity index (χ2v) is 6.55. The Balaban J connectivity index is 2.75. The van der Waals surface area contributed by atoms with E-state index in [0.717, 1.165) is 5.56 Å². The molecule has 0 aliphatic carbocycles. The van der Waals surface area contributed by atoms with Gasteiger partial charge in [0, 0.05) is 5.25 Å². The fraction of sp³-hybridized carbons (Fsp3) is 0.500. The van der Waals surface area contributed by atoms with Crippen molar-refractivity contribution < 1.29 is 14.6 Å². The van der Waals surface area contributed by atoms with E-state index in [1.54, 1.807) is 25.1 Å². The van der Waals surface area contributed by atoms with Gasteiger partial charge in [-0.05, 0) is 45.4 Å². The van der Waals surface area contributed by atoms with Crippen LogP contribution < -0.4 is 0 Å². The fourth-order valence-electron chi connectivity index (χ4n) is 1.64. The van der Waals surface area contributed by atoms with E-state index in [9.17, 15) is 9.90 Å². The molecule has 0 amide bonds. The Labute approximate surface area is 113 Å². The summed E-state index contributed by atoms with van der Waals surface area (Å²) in [6.07, 6.45) is 0. The topological polar surface area (TPSA) is 46.5 Å². The zero-order valence-electron chi connectivity index (χ0n) is 11.3. The van der Waals surface area contributed by atoms with Crippen LogP contribution in [-0.2, 0) is 9.53 Å². The summed E-state index contributed by atoms with van der Waals surface area (Å²) in [4.78, 5) is 11.8. The van der Waals surface area contributed by atoms with Crippen LogP contribution in [0.15, 0.2) is 24.3 Å². The van der Waals surface area contributed by atoms with Crippen LogP contribution in [-0.4, -0.2) is 22.4 Å². The van der Waals surface area contributed by atoms with E-state index in [1.807, 2.05) is 26.8 Å². The van der Waals surface area contributed by atoms with Gasteiger partial charge in [-0.2, -0.15) is 0 Å². The van der Waals surface area contributed by atoms with Gasteiger partial charge in [0.25, 0.3) is 0 Å². The molecule has 1 aromatic rings. The lowest BCUT2D eigenvalue weighted by atomic mass is 10.1. The Bertz CT molecular complexity index is 415. The highest BCUT2D eigenvalue weighted by molar-refractivity contribution is 8.01. The van der Waals surface area contributed by atoms with Crippen molar-refractivity contribution in [3.63, 3.8) is 0 Å². The van der Waals surface area contributed by atoms with Crippen LogP contribution in [0.4, 0.5) is 0 Å². The fourth-order valence-corrected chi connectivity index (χ4v) is 2.96. The average molecular weight is 268 g/mol. The quantitative estimate of drug-likeness (QED) is 0.830. The van der Waals surface area contributed by atoms with E-state index in [-0.39, 0.29) is 17.0 Å². The molecule has 0 saturated heterocycles. The van der Waals surface area contributed by atoms with Gasteiger partial charge in [-0.1, -0.05) is 12.1 Å². The Hall–Kier alpha value is -1.16. The maximum absolute atomic E-state index is 11.8. The van der Waals surface area contributed by atoms with Gasteiger partial charge in [-0.15, -0.1) is 11.8 Å². The van der Waals surface area contributed by atoms with Crippen molar-refractivity contribution in [2.45, 2.75) is 37.7 Å². The molecule has 0 aliphatic rings. The maximum Gasteiger partial charge on any atom is 0.321 e. The molecule has 0 heterocycles. The number of carbonyl (C=O) groups excluding carboxylic acids is 1. The van der Waals surface area contributed by atoms with Gasteiger partial charge in [-0.25, -0.2) is 0 Å². The number of hydrogen-bond donors (Lipinski definition) is 1. The lowest BCUT2D eigenvalue weighted by molar-refractivity contribution is -0.145. The first-order valence-electron chi connectivity index (χ1n) is 6.00. The Morgan fingerprint density at radius 1 is 1.50 bits per heavy atom. The zero-order chi connectivity index (χ0) is 13.8. The summed E-state index contributed by atoms with van der Waals surface area (Å²) in [5, 5.41) is 9.56. The van der Waals surface area contributed by atoms with Crippen molar-refractivity contribution in [2.24, 2.45) is 0 Å². The SMILES string of the molecule is CCOC(=O)C(C)(C)SC(C)c1cccc(O)c1. The molecular formula is C14H20O3S. The number of ether oxygens (including phenoxy) is 1. The molecule has 1 aromatic carbocycles. The normalized spacial score (nSPS) is 13.1. The van der Waals surface area contributed by atoms with Gasteiger partial charge in [0.2, 0.25) is 0 Å². The van der Waals surface area contributed by atoms with E-state index in [2.05, 4.69) is 0 Å². The van der Waals surface area contributed by atoms with E-state index in [1.165, 1.54) is 11.8 Å². The summed E-state index contributed by atoms with van der Waals surface area (Å²) in [5.41, 5.74) is 0.998. The van der Waals surface area contributed by atoms with Crippen LogP contribution in [0, 0.1) is 0 Å². The predicted octanol–water partition coefficient (Wildman–Crippen LogP) is 3.53. The Kier molecular flexibility index (Phi) is 5.08. The summed E-state index contributed by atoms with van der Waals surface area (Å²) >= 11 is 1.53. The first-order chi connectivity index (χ1) is 8.36. The van der Waals surface area contributed by atoms with Crippen molar-refractivity contribution >= 4 is 17.7 Å². The number of esters is 1. The van der Waals surface area contributed by atoms with Crippen LogP contribution in [0.3, 0.4) is 0 Å². The summed E-state index contributed by atoms with van der Waals surface area (Å²) in [5.74, 6) is 0.0379. The first kappa shape index (κ1) is 14.9. The third kappa shape index (κ3) is 3.95. The molecule has 0 bridgehead atoms. The molecule has 0 aliphatic heterocycles. The monoisotopic (exact) mass is 268 g/mol. The lowest BCUT2D eigenvalue weighted by Crippen LogP contribution is -2.30. The molecular weight excluding hydrogens is 248 g/mol. The second-order valence-electron chi connectivity index (χ2n) is 4.59. The van der Waals surface area contributed by atoms with Gasteiger partial charge < -0.3 is 9.84 Å². The smallest absolute Gasteiger partial charge is 0.321 e. The number of hydrogen-bond acceptors (Lipinski definition) is 4. The van der Waals surface area contributed by atoms with Crippen molar-refractivity contribution in [1.29, 1.82) is 0 Å². The van der Waals surface area contributed by atoms with E-state index in [4.69, 9.17) is 4.74 Å². The lowest BCUT2D eigenvalue weighted by Gasteiger charge is -2.25. The van der Waals surface area contributed by atoms with Gasteiger partial charge >= 0.3 is 5.97 Å². The highest BCUT2D eigenvalue weighted by Crippen LogP contribution is 2.39. The van der Waals surface area contributed by atoms with Crippen LogP contribution in [0.2, 0.25) is 0 Å². The first-order valence-corrected chi connectivity index (χ1v) is 6.88. The van der Waals surface area contributed by atoms with Crippen LogP contribution >= 0.6 is 11.8 Å². The molecule has 0 fully saturated rings. The molecule has 100 valence electrons. The minimum atomic E-state index is -0.596. The number of thioether (sulfide) groups is 1. The summed E-state index contributed by atoms with van der Waals surface area (Å²) < 4.78 is 4.46. The largest absolute Gasteiger partial charge is 0.508 e. The molecule has 1 atom stereocenters. The third-order valence-electron chi connectivity index (χ3n) is 2.58. The van der Waals surface area contributed by atoms with Crippen LogP contribution in [0.25, 0.3) is 0 Å². The van der Waals surface area contributed by atoms with E-state index < -0.39 is 4.75 Å². The third-order valence-corrected chi connectivity index (χ3v) is 3.96. The summed E-state index contributed by atoms with van der Waals surface area (Å²) in [6, 6.07) is 7.11. The number of aromatic hydroxyl groups is 1. The zero-order valence-corrected chi connectivity index (χ0v) is 12.1. The number of rotatable bonds is 5. The maximum atomic E-state index is 11.8. The Morgan fingerprint density at radius 3 is 2.72 bits per heavy atom. The van der Waals surface area contributed by atoms with Crippen molar-refractivity contribution in [3.8, 4) is 5.75 Å². The van der Waals surface area contributed by atoms with Crippen molar-refractivity contribution in [2.75, 3.05) is 6.61 Å². The molecule has 4 heteroatoms. The Morgan fingerprint density at radius 2 is 2.17 bits per heavy atom. The van der Waals surface area contributed by atoms with Crippen molar-refractivity contribution in [3.05, 3.63) is 29.8 Å². The van der Waals surface area contributed by atoms with Gasteiger partial charge in [0.05, 0.1) is 6.61 Å². The predicted molar refractivity (Wildman–Crippen MR) is 74.8 cm³/mol. The molecule has 1 unspecified atom stereocenters. The van der Waals surface area contributed by atoms with Crippen LogP contribution in [0.1, 0.15) is 38.5 Å². The molecule has 1 rings (SSSR count). The number of phenols is 1. The summed E-state index contributed by atoms with van der Waals surface area (Å²) in [7, 11) is 0. The second kappa shape index (κ2) is 6.14. The standard InChI is InChI=1S/C14H20O3S/c1-5-17-13(16)14(3,4)18-10(2)11-7-6-8-12(15)9-11/h6-10,15H,5H2,1-4H3. The highest BCUT2D eigenvalue weighted by Gasteiger charge is 2.32. The number of benzene rings is 1. The minimum absolute atomic E-state index is 0.108. The van der Waals surface area contributed by atoms with E-state index >= 15 is 0 Å². The summed E-state index contributed by atoms with van der Waals surface area (Å²) in [6.45, 7) is 7.92. The van der Waals surface area contributed by atoms with Crippen LogP contribution in [0.5, 0.6) is 5.75 Å². The van der Waals surface area contributed by atoms with E-state index in [0.29, 0.717) is 6.61 Å². The molecule has 0 spiro atoms. The molecule has 0 aromatic heterocycles. The molecule has 18 heavy (non-hydrogen) atoms. The van der Waals surface area contributed by atoms with Gasteiger partial charge in [0.15, 0.2) is 0 Å². The van der Waals surface area contributed by atoms with Gasteiger partial charge in [-0.3, -0.25) is 4.79 Å². The van der Waals surface area contributed by atoms with Gasteiger partial charge in [0.1, 0.15) is 10.5 Å². The molecule has 1 N–H and O–H groups in total. The minimum Gasteiger partial charge on any atom is -0.508 e. The number of carbonyl (C=O) groups is 1. The van der Waals surface area contributed by atoms with Crippen molar-refractivity contribution in [1.82, 2.24) is 0 Å². The molecule has 0 saturated carbocycles.